The van der Waals surface area contributed by atoms with Gasteiger partial charge in [-0.2, -0.15) is 9.97 Å². The maximum Gasteiger partial charge on any atom is 0.223 e. The standard InChI is InChI=1S/C13H25N5O/c1-4-5-15-11-8-12(18-13(14)17-11)16-6-7-19-9-10(2)3/h8,10H,4-7,9H2,1-3H3,(H4,14,15,16,17,18). The Kier molecular flexibility index (Phi) is 6.95. The third kappa shape index (κ3) is 6.81. The summed E-state index contributed by atoms with van der Waals surface area (Å²) in [5.74, 6) is 2.30. The molecule has 0 aliphatic heterocycles. The Hall–Kier alpha value is -1.56. The Balaban J connectivity index is 2.38. The summed E-state index contributed by atoms with van der Waals surface area (Å²) in [5.41, 5.74) is 5.67. The average molecular weight is 267 g/mol. The van der Waals surface area contributed by atoms with E-state index in [2.05, 4.69) is 41.4 Å². The van der Waals surface area contributed by atoms with E-state index in [4.69, 9.17) is 10.5 Å². The van der Waals surface area contributed by atoms with E-state index in [9.17, 15) is 0 Å². The summed E-state index contributed by atoms with van der Waals surface area (Å²) in [4.78, 5) is 8.26. The molecule has 0 amide bonds. The number of nitrogen functional groups attached to an aromatic ring is 1. The van der Waals surface area contributed by atoms with Gasteiger partial charge in [0, 0.05) is 25.8 Å². The molecule has 1 rings (SSSR count). The van der Waals surface area contributed by atoms with Crippen molar-refractivity contribution in [3.8, 4) is 0 Å². The largest absolute Gasteiger partial charge is 0.379 e. The van der Waals surface area contributed by atoms with Gasteiger partial charge in [0.2, 0.25) is 5.95 Å². The number of anilines is 3. The van der Waals surface area contributed by atoms with Crippen LogP contribution >= 0.6 is 0 Å². The molecule has 0 fully saturated rings. The van der Waals surface area contributed by atoms with Gasteiger partial charge in [0.05, 0.1) is 6.61 Å². The summed E-state index contributed by atoms with van der Waals surface area (Å²) in [7, 11) is 0. The third-order valence-corrected chi connectivity index (χ3v) is 2.30. The first kappa shape index (κ1) is 15.5. The summed E-state index contributed by atoms with van der Waals surface area (Å²) in [5, 5.41) is 6.37. The number of rotatable bonds is 9. The molecule has 0 atom stereocenters. The molecule has 0 aliphatic carbocycles. The van der Waals surface area contributed by atoms with Gasteiger partial charge in [-0.15, -0.1) is 0 Å². The number of ether oxygens (including phenoxy) is 1. The summed E-state index contributed by atoms with van der Waals surface area (Å²) in [6, 6.07) is 1.86. The second kappa shape index (κ2) is 8.53. The molecule has 0 radical (unpaired) electrons. The predicted molar refractivity (Wildman–Crippen MR) is 79.4 cm³/mol. The van der Waals surface area contributed by atoms with E-state index in [1.807, 2.05) is 6.07 Å². The van der Waals surface area contributed by atoms with E-state index < -0.39 is 0 Å². The molecular weight excluding hydrogens is 242 g/mol. The van der Waals surface area contributed by atoms with Crippen LogP contribution < -0.4 is 16.4 Å². The van der Waals surface area contributed by atoms with Crippen molar-refractivity contribution >= 4 is 17.6 Å². The second-order valence-electron chi connectivity index (χ2n) is 4.82. The molecule has 6 heteroatoms. The van der Waals surface area contributed by atoms with Crippen molar-refractivity contribution in [2.45, 2.75) is 27.2 Å². The molecule has 1 heterocycles. The van der Waals surface area contributed by atoms with Crippen molar-refractivity contribution in [2.24, 2.45) is 5.92 Å². The fourth-order valence-corrected chi connectivity index (χ4v) is 1.47. The monoisotopic (exact) mass is 267 g/mol. The van der Waals surface area contributed by atoms with Crippen LogP contribution in [-0.4, -0.2) is 36.3 Å². The Morgan fingerprint density at radius 3 is 2.42 bits per heavy atom. The number of nitrogens with zero attached hydrogens (tertiary/aromatic N) is 2. The zero-order valence-corrected chi connectivity index (χ0v) is 12.1. The smallest absolute Gasteiger partial charge is 0.223 e. The maximum atomic E-state index is 5.67. The van der Waals surface area contributed by atoms with Crippen molar-refractivity contribution in [3.05, 3.63) is 6.07 Å². The van der Waals surface area contributed by atoms with Gasteiger partial charge in [-0.3, -0.25) is 0 Å². The summed E-state index contributed by atoms with van der Waals surface area (Å²) < 4.78 is 5.49. The molecule has 1 aromatic rings. The predicted octanol–water partition coefficient (Wildman–Crippen LogP) is 1.97. The van der Waals surface area contributed by atoms with Gasteiger partial charge in [0.25, 0.3) is 0 Å². The first-order chi connectivity index (χ1) is 9.11. The molecule has 0 unspecified atom stereocenters. The normalized spacial score (nSPS) is 10.7. The zero-order valence-electron chi connectivity index (χ0n) is 12.1. The molecule has 0 spiro atoms. The molecule has 0 aromatic carbocycles. The first-order valence-corrected chi connectivity index (χ1v) is 6.81. The number of aromatic nitrogens is 2. The molecule has 0 bridgehead atoms. The molecule has 108 valence electrons. The lowest BCUT2D eigenvalue weighted by atomic mass is 10.2. The molecule has 19 heavy (non-hydrogen) atoms. The Morgan fingerprint density at radius 1 is 1.21 bits per heavy atom. The van der Waals surface area contributed by atoms with Crippen LogP contribution in [0.5, 0.6) is 0 Å². The SMILES string of the molecule is CCCNc1cc(NCCOCC(C)C)nc(N)n1. The Bertz CT molecular complexity index is 370. The lowest BCUT2D eigenvalue weighted by Gasteiger charge is -2.10. The van der Waals surface area contributed by atoms with Crippen molar-refractivity contribution in [1.82, 2.24) is 9.97 Å². The van der Waals surface area contributed by atoms with Crippen LogP contribution in [0.3, 0.4) is 0 Å². The van der Waals surface area contributed by atoms with Gasteiger partial charge in [-0.25, -0.2) is 0 Å². The lowest BCUT2D eigenvalue weighted by molar-refractivity contribution is 0.118. The molecule has 0 saturated carbocycles. The van der Waals surface area contributed by atoms with Gasteiger partial charge in [0.1, 0.15) is 11.6 Å². The molecule has 0 aliphatic rings. The van der Waals surface area contributed by atoms with E-state index in [1.54, 1.807) is 0 Å². The minimum Gasteiger partial charge on any atom is -0.379 e. The fraction of sp³-hybridized carbons (Fsp3) is 0.692. The summed E-state index contributed by atoms with van der Waals surface area (Å²) in [6.07, 6.45) is 1.04. The zero-order chi connectivity index (χ0) is 14.1. The van der Waals surface area contributed by atoms with E-state index in [-0.39, 0.29) is 5.95 Å². The van der Waals surface area contributed by atoms with Crippen LogP contribution in [0.1, 0.15) is 27.2 Å². The highest BCUT2D eigenvalue weighted by Crippen LogP contribution is 2.12. The Labute approximate surface area is 115 Å². The molecular formula is C13H25N5O. The Morgan fingerprint density at radius 2 is 1.84 bits per heavy atom. The van der Waals surface area contributed by atoms with Gasteiger partial charge in [-0.05, 0) is 12.3 Å². The van der Waals surface area contributed by atoms with E-state index >= 15 is 0 Å². The van der Waals surface area contributed by atoms with Gasteiger partial charge in [0.15, 0.2) is 0 Å². The van der Waals surface area contributed by atoms with Gasteiger partial charge in [-0.1, -0.05) is 20.8 Å². The number of hydrogen-bond acceptors (Lipinski definition) is 6. The van der Waals surface area contributed by atoms with Crippen LogP contribution in [0.15, 0.2) is 6.07 Å². The molecule has 0 saturated heterocycles. The van der Waals surface area contributed by atoms with E-state index in [0.29, 0.717) is 19.1 Å². The molecule has 4 N–H and O–H groups in total. The highest BCUT2D eigenvalue weighted by molar-refractivity contribution is 5.50. The van der Waals surface area contributed by atoms with Crippen LogP contribution in [-0.2, 0) is 4.74 Å². The minimum absolute atomic E-state index is 0.270. The van der Waals surface area contributed by atoms with Crippen LogP contribution in [0.25, 0.3) is 0 Å². The highest BCUT2D eigenvalue weighted by atomic mass is 16.5. The fourth-order valence-electron chi connectivity index (χ4n) is 1.47. The summed E-state index contributed by atoms with van der Waals surface area (Å²) >= 11 is 0. The second-order valence-corrected chi connectivity index (χ2v) is 4.82. The minimum atomic E-state index is 0.270. The average Bonchev–Trinajstić information content (AvgIpc) is 2.35. The number of nitrogens with two attached hydrogens (primary N) is 1. The van der Waals surface area contributed by atoms with Crippen molar-refractivity contribution in [2.75, 3.05) is 42.7 Å². The van der Waals surface area contributed by atoms with Gasteiger partial charge < -0.3 is 21.1 Å². The van der Waals surface area contributed by atoms with Crippen molar-refractivity contribution < 1.29 is 4.74 Å². The van der Waals surface area contributed by atoms with Crippen molar-refractivity contribution in [1.29, 1.82) is 0 Å². The summed E-state index contributed by atoms with van der Waals surface area (Å²) in [6.45, 7) is 9.36. The number of nitrogens with one attached hydrogen (secondary N) is 2. The molecule has 1 aromatic heterocycles. The highest BCUT2D eigenvalue weighted by Gasteiger charge is 2.01. The van der Waals surface area contributed by atoms with E-state index in [0.717, 1.165) is 31.2 Å². The molecule has 6 nitrogen and oxygen atoms in total. The quantitative estimate of drug-likeness (QED) is 0.593. The van der Waals surface area contributed by atoms with Crippen LogP contribution in [0.4, 0.5) is 17.6 Å². The van der Waals surface area contributed by atoms with Crippen molar-refractivity contribution in [3.63, 3.8) is 0 Å². The van der Waals surface area contributed by atoms with E-state index in [1.165, 1.54) is 0 Å². The third-order valence-electron chi connectivity index (χ3n) is 2.30. The topological polar surface area (TPSA) is 85.1 Å². The van der Waals surface area contributed by atoms with Crippen LogP contribution in [0, 0.1) is 5.92 Å². The van der Waals surface area contributed by atoms with Crippen LogP contribution in [0.2, 0.25) is 0 Å². The van der Waals surface area contributed by atoms with Gasteiger partial charge >= 0.3 is 0 Å². The lowest BCUT2D eigenvalue weighted by Crippen LogP contribution is -2.14. The maximum absolute atomic E-state index is 5.67. The number of hydrogen-bond donors (Lipinski definition) is 3. The first-order valence-electron chi connectivity index (χ1n) is 6.81.